The number of carboxylic acids is 1. The summed E-state index contributed by atoms with van der Waals surface area (Å²) in [6.07, 6.45) is 1.55. The number of allylic oxidation sites excluding steroid dienone is 3. The standard InChI is InChI=1S/C29H33NO4/c1-15(2)9-22-28(29(33)34)26(19-7-6-8-21(31)12-19)27-23(30-22)13-20(14-24(27)32)25-17(4)10-16(3)11-18(25)5/h6-8,10-12,15,20,26,30-31H,9,13-14H2,1-5H3,(H,33,34). The Labute approximate surface area is 201 Å². The van der Waals surface area contributed by atoms with Gasteiger partial charge < -0.3 is 15.5 Å². The van der Waals surface area contributed by atoms with E-state index in [1.165, 1.54) is 22.3 Å². The van der Waals surface area contributed by atoms with Gasteiger partial charge in [-0.15, -0.1) is 0 Å². The van der Waals surface area contributed by atoms with Crippen molar-refractivity contribution in [3.63, 3.8) is 0 Å². The fourth-order valence-corrected chi connectivity index (χ4v) is 5.85. The van der Waals surface area contributed by atoms with Gasteiger partial charge in [0.25, 0.3) is 0 Å². The number of carbonyl (C=O) groups excluding carboxylic acids is 1. The molecular weight excluding hydrogens is 426 g/mol. The second-order valence-electron chi connectivity index (χ2n) is 10.2. The van der Waals surface area contributed by atoms with Gasteiger partial charge in [-0.1, -0.05) is 43.7 Å². The zero-order valence-electron chi connectivity index (χ0n) is 20.5. The molecule has 1 heterocycles. The maximum absolute atomic E-state index is 13.7. The minimum Gasteiger partial charge on any atom is -0.508 e. The van der Waals surface area contributed by atoms with Crippen LogP contribution in [0.5, 0.6) is 5.75 Å². The molecule has 2 aromatic carbocycles. The highest BCUT2D eigenvalue weighted by Gasteiger charge is 2.42. The van der Waals surface area contributed by atoms with Crippen LogP contribution in [0.25, 0.3) is 0 Å². The van der Waals surface area contributed by atoms with Crippen molar-refractivity contribution in [3.05, 3.63) is 86.8 Å². The zero-order chi connectivity index (χ0) is 24.7. The van der Waals surface area contributed by atoms with E-state index >= 15 is 0 Å². The Balaban J connectivity index is 1.87. The molecule has 0 spiro atoms. The third-order valence-electron chi connectivity index (χ3n) is 6.90. The first-order valence-electron chi connectivity index (χ1n) is 11.9. The van der Waals surface area contributed by atoms with Crippen LogP contribution < -0.4 is 5.32 Å². The van der Waals surface area contributed by atoms with Gasteiger partial charge in [0, 0.05) is 29.3 Å². The SMILES string of the molecule is Cc1cc(C)c(C2CC(=O)C3=C(C2)NC(CC(C)C)=C(C(=O)O)C3c2cccc(O)c2)c(C)c1. The molecule has 2 aliphatic rings. The average Bonchev–Trinajstić information content (AvgIpc) is 2.71. The van der Waals surface area contributed by atoms with E-state index in [4.69, 9.17) is 0 Å². The number of aliphatic carboxylic acids is 1. The molecule has 0 radical (unpaired) electrons. The van der Waals surface area contributed by atoms with Gasteiger partial charge in [0.1, 0.15) is 5.75 Å². The predicted molar refractivity (Wildman–Crippen MR) is 133 cm³/mol. The van der Waals surface area contributed by atoms with Crippen LogP contribution >= 0.6 is 0 Å². The van der Waals surface area contributed by atoms with E-state index in [2.05, 4.69) is 52.1 Å². The van der Waals surface area contributed by atoms with Crippen LogP contribution in [-0.4, -0.2) is 22.0 Å². The van der Waals surface area contributed by atoms with Crippen LogP contribution in [0.4, 0.5) is 0 Å². The Bertz CT molecular complexity index is 1210. The molecule has 0 bridgehead atoms. The summed E-state index contributed by atoms with van der Waals surface area (Å²) < 4.78 is 0. The van der Waals surface area contributed by atoms with Crippen molar-refractivity contribution in [3.8, 4) is 5.75 Å². The van der Waals surface area contributed by atoms with Crippen LogP contribution in [0.3, 0.4) is 0 Å². The fourth-order valence-electron chi connectivity index (χ4n) is 5.85. The largest absolute Gasteiger partial charge is 0.508 e. The molecule has 3 N–H and O–H groups in total. The number of rotatable bonds is 5. The summed E-state index contributed by atoms with van der Waals surface area (Å²) in [5.74, 6) is -1.45. The Kier molecular flexibility index (Phi) is 6.39. The average molecular weight is 460 g/mol. The zero-order valence-corrected chi connectivity index (χ0v) is 20.5. The van der Waals surface area contributed by atoms with Gasteiger partial charge >= 0.3 is 5.97 Å². The molecule has 1 aliphatic heterocycles. The summed E-state index contributed by atoms with van der Waals surface area (Å²) >= 11 is 0. The first kappa shape index (κ1) is 23.8. The Morgan fingerprint density at radius 2 is 1.76 bits per heavy atom. The second kappa shape index (κ2) is 9.13. The number of hydrogen-bond acceptors (Lipinski definition) is 4. The molecule has 0 aromatic heterocycles. The van der Waals surface area contributed by atoms with Gasteiger partial charge in [-0.05, 0) is 79.8 Å². The summed E-state index contributed by atoms with van der Waals surface area (Å²) in [6, 6.07) is 10.9. The molecule has 0 amide bonds. The number of dihydropyridines is 1. The molecule has 4 rings (SSSR count). The van der Waals surface area contributed by atoms with Crippen molar-refractivity contribution in [1.29, 1.82) is 0 Å². The van der Waals surface area contributed by atoms with Crippen molar-refractivity contribution in [2.45, 2.75) is 65.7 Å². The smallest absolute Gasteiger partial charge is 0.334 e. The van der Waals surface area contributed by atoms with Crippen molar-refractivity contribution >= 4 is 11.8 Å². The molecule has 2 unspecified atom stereocenters. The van der Waals surface area contributed by atoms with Gasteiger partial charge in [-0.2, -0.15) is 0 Å². The first-order chi connectivity index (χ1) is 16.1. The first-order valence-corrected chi connectivity index (χ1v) is 11.9. The number of aromatic hydroxyl groups is 1. The summed E-state index contributed by atoms with van der Waals surface area (Å²) in [5, 5.41) is 23.8. The predicted octanol–water partition coefficient (Wildman–Crippen LogP) is 5.79. The topological polar surface area (TPSA) is 86.6 Å². The van der Waals surface area contributed by atoms with E-state index in [-0.39, 0.29) is 28.9 Å². The van der Waals surface area contributed by atoms with E-state index in [9.17, 15) is 19.8 Å². The van der Waals surface area contributed by atoms with E-state index < -0.39 is 11.9 Å². The quantitative estimate of drug-likeness (QED) is 0.527. The highest BCUT2D eigenvalue weighted by molar-refractivity contribution is 6.04. The summed E-state index contributed by atoms with van der Waals surface area (Å²) in [4.78, 5) is 26.2. The number of carboxylic acid groups (broad SMARTS) is 1. The molecule has 34 heavy (non-hydrogen) atoms. The third kappa shape index (κ3) is 4.39. The van der Waals surface area contributed by atoms with E-state index in [0.29, 0.717) is 36.1 Å². The van der Waals surface area contributed by atoms with Crippen LogP contribution in [0, 0.1) is 26.7 Å². The van der Waals surface area contributed by atoms with Gasteiger partial charge in [0.2, 0.25) is 0 Å². The number of hydrogen-bond donors (Lipinski definition) is 3. The monoisotopic (exact) mass is 459 g/mol. The molecule has 178 valence electrons. The minimum atomic E-state index is -1.04. The van der Waals surface area contributed by atoms with Crippen LogP contribution in [0.2, 0.25) is 0 Å². The van der Waals surface area contributed by atoms with Crippen LogP contribution in [0.1, 0.15) is 72.8 Å². The molecule has 2 aromatic rings. The van der Waals surface area contributed by atoms with Gasteiger partial charge in [-0.3, -0.25) is 4.79 Å². The summed E-state index contributed by atoms with van der Waals surface area (Å²) in [5.41, 5.74) is 7.60. The lowest BCUT2D eigenvalue weighted by atomic mass is 9.70. The molecule has 5 heteroatoms. The second-order valence-corrected chi connectivity index (χ2v) is 10.2. The molecule has 0 saturated heterocycles. The van der Waals surface area contributed by atoms with Gasteiger partial charge in [0.15, 0.2) is 5.78 Å². The molecule has 0 saturated carbocycles. The van der Waals surface area contributed by atoms with Crippen molar-refractivity contribution in [1.82, 2.24) is 5.32 Å². The number of ketones is 1. The third-order valence-corrected chi connectivity index (χ3v) is 6.90. The molecule has 1 aliphatic carbocycles. The van der Waals surface area contributed by atoms with Crippen molar-refractivity contribution in [2.24, 2.45) is 5.92 Å². The minimum absolute atomic E-state index is 0.0335. The van der Waals surface area contributed by atoms with E-state index in [0.717, 1.165) is 5.70 Å². The Hall–Kier alpha value is -3.34. The lowest BCUT2D eigenvalue weighted by Crippen LogP contribution is -2.37. The van der Waals surface area contributed by atoms with Crippen LogP contribution in [0.15, 0.2) is 58.9 Å². The highest BCUT2D eigenvalue weighted by atomic mass is 16.4. The van der Waals surface area contributed by atoms with Crippen LogP contribution in [-0.2, 0) is 9.59 Å². The summed E-state index contributed by atoms with van der Waals surface area (Å²) in [6.45, 7) is 10.4. The molecule has 5 nitrogen and oxygen atoms in total. The molecule has 0 fully saturated rings. The number of aryl methyl sites for hydroxylation is 3. The van der Waals surface area contributed by atoms with Gasteiger partial charge in [-0.25, -0.2) is 4.79 Å². The lowest BCUT2D eigenvalue weighted by molar-refractivity contribution is -0.133. The highest BCUT2D eigenvalue weighted by Crippen LogP contribution is 2.47. The maximum Gasteiger partial charge on any atom is 0.334 e. The Morgan fingerprint density at radius 1 is 1.09 bits per heavy atom. The number of phenols is 1. The number of carbonyl (C=O) groups is 2. The normalized spacial score (nSPS) is 20.5. The molecule has 2 atom stereocenters. The number of Topliss-reactive ketones (excluding diaryl/α,β-unsaturated/α-hetero) is 1. The summed E-state index contributed by atoms with van der Waals surface area (Å²) in [7, 11) is 0. The lowest BCUT2D eigenvalue weighted by Gasteiger charge is -2.38. The molecular formula is C29H33NO4. The fraction of sp³-hybridized carbons (Fsp3) is 0.379. The Morgan fingerprint density at radius 3 is 2.35 bits per heavy atom. The maximum atomic E-state index is 13.7. The van der Waals surface area contributed by atoms with Crippen molar-refractivity contribution in [2.75, 3.05) is 0 Å². The van der Waals surface area contributed by atoms with Gasteiger partial charge in [0.05, 0.1) is 5.57 Å². The van der Waals surface area contributed by atoms with E-state index in [1.807, 2.05) is 0 Å². The van der Waals surface area contributed by atoms with Crippen molar-refractivity contribution < 1.29 is 19.8 Å². The number of nitrogens with one attached hydrogen (secondary N) is 1. The number of phenolic OH excluding ortho intramolecular Hbond substituents is 1. The van der Waals surface area contributed by atoms with E-state index in [1.54, 1.807) is 24.3 Å². The number of benzene rings is 2.